The molecule has 0 aliphatic carbocycles. The van der Waals surface area contributed by atoms with Gasteiger partial charge in [-0.05, 0) is 49.3 Å². The smallest absolute Gasteiger partial charge is 0.255 e. The molecule has 1 aliphatic heterocycles. The summed E-state index contributed by atoms with van der Waals surface area (Å²) in [6.07, 6.45) is 6.86. The van der Waals surface area contributed by atoms with Crippen LogP contribution in [0.2, 0.25) is 0 Å². The number of likely N-dealkylation sites (tertiary alicyclic amines) is 1. The Kier molecular flexibility index (Phi) is 5.37. The van der Waals surface area contributed by atoms with Gasteiger partial charge < -0.3 is 10.2 Å². The van der Waals surface area contributed by atoms with Crippen LogP contribution in [0.3, 0.4) is 0 Å². The Labute approximate surface area is 150 Å². The highest BCUT2D eigenvalue weighted by atomic mass is 16.2. The van der Waals surface area contributed by atoms with Gasteiger partial charge in [-0.2, -0.15) is 0 Å². The number of nitrogens with zero attached hydrogens (tertiary/aromatic N) is 2. The number of pyridine rings is 1. The number of aryl methyl sites for hydroxylation is 1. The first-order valence-electron chi connectivity index (χ1n) is 9.17. The molecule has 3 rings (SSSR count). The van der Waals surface area contributed by atoms with Crippen molar-refractivity contribution in [1.82, 2.24) is 9.88 Å². The van der Waals surface area contributed by atoms with Gasteiger partial charge in [-0.25, -0.2) is 0 Å². The van der Waals surface area contributed by atoms with Crippen molar-refractivity contribution in [2.24, 2.45) is 0 Å². The summed E-state index contributed by atoms with van der Waals surface area (Å²) in [5, 5.41) is 3.49. The largest absolute Gasteiger partial charge is 0.354 e. The van der Waals surface area contributed by atoms with Gasteiger partial charge in [0.25, 0.3) is 5.91 Å². The molecular weight excluding hydrogens is 310 g/mol. The van der Waals surface area contributed by atoms with Crippen LogP contribution in [0, 0.1) is 6.92 Å². The maximum Gasteiger partial charge on any atom is 0.255 e. The SMILES string of the molecule is Cc1cccc(C(C)C)c1Nc1cncc(C(=O)N2CCCCC2)c1. The van der Waals surface area contributed by atoms with E-state index in [0.717, 1.165) is 37.3 Å². The van der Waals surface area contributed by atoms with Gasteiger partial charge in [0.2, 0.25) is 0 Å². The second-order valence-corrected chi connectivity index (χ2v) is 7.13. The number of aromatic nitrogens is 1. The van der Waals surface area contributed by atoms with Crippen LogP contribution >= 0.6 is 0 Å². The van der Waals surface area contributed by atoms with Crippen LogP contribution < -0.4 is 5.32 Å². The lowest BCUT2D eigenvalue weighted by molar-refractivity contribution is 0.0724. The molecule has 0 unspecified atom stereocenters. The third kappa shape index (κ3) is 4.01. The Morgan fingerprint density at radius 3 is 2.64 bits per heavy atom. The van der Waals surface area contributed by atoms with Crippen LogP contribution in [0.5, 0.6) is 0 Å². The highest BCUT2D eigenvalue weighted by Gasteiger charge is 2.19. The zero-order chi connectivity index (χ0) is 17.8. The van der Waals surface area contributed by atoms with Crippen LogP contribution in [-0.4, -0.2) is 28.9 Å². The molecule has 1 aromatic carbocycles. The number of benzene rings is 1. The van der Waals surface area contributed by atoms with Gasteiger partial charge in [-0.1, -0.05) is 32.0 Å². The summed E-state index contributed by atoms with van der Waals surface area (Å²) in [7, 11) is 0. The lowest BCUT2D eigenvalue weighted by atomic mass is 9.98. The predicted octanol–water partition coefficient (Wildman–Crippen LogP) is 4.88. The van der Waals surface area contributed by atoms with Crippen molar-refractivity contribution in [3.8, 4) is 0 Å². The Bertz CT molecular complexity index is 749. The van der Waals surface area contributed by atoms with E-state index in [0.29, 0.717) is 11.5 Å². The number of para-hydroxylation sites is 1. The van der Waals surface area contributed by atoms with Crippen LogP contribution in [0.25, 0.3) is 0 Å². The number of carbonyl (C=O) groups is 1. The number of nitrogens with one attached hydrogen (secondary N) is 1. The van der Waals surface area contributed by atoms with E-state index < -0.39 is 0 Å². The molecule has 0 atom stereocenters. The standard InChI is InChI=1S/C21H27N3O/c1-15(2)19-9-7-8-16(3)20(19)23-18-12-17(13-22-14-18)21(25)24-10-5-4-6-11-24/h7-9,12-15,23H,4-6,10-11H2,1-3H3. The first-order valence-corrected chi connectivity index (χ1v) is 9.17. The normalized spacial score (nSPS) is 14.6. The molecule has 25 heavy (non-hydrogen) atoms. The quantitative estimate of drug-likeness (QED) is 0.864. The zero-order valence-corrected chi connectivity index (χ0v) is 15.4. The minimum absolute atomic E-state index is 0.0877. The summed E-state index contributed by atoms with van der Waals surface area (Å²) in [6.45, 7) is 8.19. The fraction of sp³-hybridized carbons (Fsp3) is 0.429. The van der Waals surface area contributed by atoms with Crippen molar-refractivity contribution in [2.75, 3.05) is 18.4 Å². The van der Waals surface area contributed by atoms with Gasteiger partial charge in [0.05, 0.1) is 17.4 Å². The molecule has 1 aromatic heterocycles. The summed E-state index contributed by atoms with van der Waals surface area (Å²) in [5.41, 5.74) is 5.10. The summed E-state index contributed by atoms with van der Waals surface area (Å²) in [6, 6.07) is 8.26. The van der Waals surface area contributed by atoms with Gasteiger partial charge in [-0.3, -0.25) is 9.78 Å². The molecule has 0 saturated carbocycles. The van der Waals surface area contributed by atoms with E-state index in [-0.39, 0.29) is 5.91 Å². The molecule has 1 saturated heterocycles. The Morgan fingerprint density at radius 2 is 1.92 bits per heavy atom. The maximum absolute atomic E-state index is 12.7. The molecule has 1 fully saturated rings. The molecule has 4 nitrogen and oxygen atoms in total. The third-order valence-corrected chi connectivity index (χ3v) is 4.82. The maximum atomic E-state index is 12.7. The first-order chi connectivity index (χ1) is 12.1. The van der Waals surface area contributed by atoms with Crippen LogP contribution in [0.4, 0.5) is 11.4 Å². The first kappa shape index (κ1) is 17.5. The fourth-order valence-corrected chi connectivity index (χ4v) is 3.39. The average molecular weight is 337 g/mol. The Balaban J connectivity index is 1.84. The molecule has 0 spiro atoms. The number of rotatable bonds is 4. The number of hydrogen-bond acceptors (Lipinski definition) is 3. The summed E-state index contributed by atoms with van der Waals surface area (Å²) in [5.74, 6) is 0.512. The fourth-order valence-electron chi connectivity index (χ4n) is 3.39. The second-order valence-electron chi connectivity index (χ2n) is 7.13. The summed E-state index contributed by atoms with van der Waals surface area (Å²) >= 11 is 0. The summed E-state index contributed by atoms with van der Waals surface area (Å²) in [4.78, 5) is 18.9. The van der Waals surface area contributed by atoms with Gasteiger partial charge in [0.1, 0.15) is 0 Å². The van der Waals surface area contributed by atoms with E-state index in [1.54, 1.807) is 12.4 Å². The minimum atomic E-state index is 0.0877. The minimum Gasteiger partial charge on any atom is -0.354 e. The number of anilines is 2. The molecule has 0 radical (unpaired) electrons. The second kappa shape index (κ2) is 7.68. The van der Waals surface area contributed by atoms with Gasteiger partial charge in [-0.15, -0.1) is 0 Å². The molecule has 2 aromatic rings. The van der Waals surface area contributed by atoms with Crippen molar-refractivity contribution in [1.29, 1.82) is 0 Å². The average Bonchev–Trinajstić information content (AvgIpc) is 2.63. The lowest BCUT2D eigenvalue weighted by Gasteiger charge is -2.26. The van der Waals surface area contributed by atoms with Gasteiger partial charge >= 0.3 is 0 Å². The van der Waals surface area contributed by atoms with Gasteiger partial charge in [0.15, 0.2) is 0 Å². The predicted molar refractivity (Wildman–Crippen MR) is 103 cm³/mol. The van der Waals surface area contributed by atoms with Crippen molar-refractivity contribution in [3.63, 3.8) is 0 Å². The molecular formula is C21H27N3O. The molecule has 1 N–H and O–H groups in total. The molecule has 1 amide bonds. The molecule has 2 heterocycles. The molecule has 0 bridgehead atoms. The van der Waals surface area contributed by atoms with E-state index in [4.69, 9.17) is 0 Å². The van der Waals surface area contributed by atoms with E-state index in [1.807, 2.05) is 11.0 Å². The Hall–Kier alpha value is -2.36. The van der Waals surface area contributed by atoms with Crippen molar-refractivity contribution >= 4 is 17.3 Å². The highest BCUT2D eigenvalue weighted by Crippen LogP contribution is 2.30. The van der Waals surface area contributed by atoms with Crippen LogP contribution in [-0.2, 0) is 0 Å². The number of hydrogen-bond donors (Lipinski definition) is 1. The topological polar surface area (TPSA) is 45.2 Å². The lowest BCUT2D eigenvalue weighted by Crippen LogP contribution is -2.35. The van der Waals surface area contributed by atoms with E-state index in [9.17, 15) is 4.79 Å². The Morgan fingerprint density at radius 1 is 1.16 bits per heavy atom. The van der Waals surface area contributed by atoms with Crippen molar-refractivity contribution < 1.29 is 4.79 Å². The monoisotopic (exact) mass is 337 g/mol. The van der Waals surface area contributed by atoms with Crippen molar-refractivity contribution in [3.05, 3.63) is 53.3 Å². The number of piperidine rings is 1. The highest BCUT2D eigenvalue weighted by molar-refractivity contribution is 5.95. The number of amides is 1. The van der Waals surface area contributed by atoms with Crippen LogP contribution in [0.15, 0.2) is 36.7 Å². The van der Waals surface area contributed by atoms with E-state index in [1.165, 1.54) is 17.5 Å². The summed E-state index contributed by atoms with van der Waals surface area (Å²) < 4.78 is 0. The van der Waals surface area contributed by atoms with Gasteiger partial charge in [0, 0.05) is 25.0 Å². The molecule has 132 valence electrons. The number of carbonyl (C=O) groups excluding carboxylic acids is 1. The van der Waals surface area contributed by atoms with E-state index >= 15 is 0 Å². The van der Waals surface area contributed by atoms with E-state index in [2.05, 4.69) is 49.3 Å². The van der Waals surface area contributed by atoms with Crippen molar-refractivity contribution in [2.45, 2.75) is 46.0 Å². The van der Waals surface area contributed by atoms with Crippen LogP contribution in [0.1, 0.15) is 60.5 Å². The zero-order valence-electron chi connectivity index (χ0n) is 15.4. The third-order valence-electron chi connectivity index (χ3n) is 4.82. The molecule has 1 aliphatic rings. The molecule has 4 heteroatoms.